The molecule has 0 atom stereocenters. The van der Waals surface area contributed by atoms with Crippen molar-refractivity contribution in [1.29, 1.82) is 0 Å². The topological polar surface area (TPSA) is 35.6 Å². The van der Waals surface area contributed by atoms with E-state index in [9.17, 15) is 4.79 Å². The molecule has 0 radical (unpaired) electrons. The Morgan fingerprint density at radius 2 is 2.22 bits per heavy atom. The SMILES string of the molecule is CN(Cc1cccs1)C(=O)CN(C)C1CNC1.Cl. The number of nitrogens with one attached hydrogen (secondary N) is 1. The molecule has 2 rings (SSSR count). The molecule has 0 aliphatic carbocycles. The molecule has 0 bridgehead atoms. The molecule has 2 heterocycles. The van der Waals surface area contributed by atoms with Crippen molar-refractivity contribution in [2.75, 3.05) is 33.7 Å². The lowest BCUT2D eigenvalue weighted by Crippen LogP contribution is -2.57. The molecule has 102 valence electrons. The zero-order valence-electron chi connectivity index (χ0n) is 10.8. The van der Waals surface area contributed by atoms with Gasteiger partial charge >= 0.3 is 0 Å². The summed E-state index contributed by atoms with van der Waals surface area (Å²) in [6.07, 6.45) is 0. The van der Waals surface area contributed by atoms with Crippen LogP contribution in [0.3, 0.4) is 0 Å². The van der Waals surface area contributed by atoms with E-state index in [1.54, 1.807) is 16.2 Å². The van der Waals surface area contributed by atoms with Crippen LogP contribution in [0.2, 0.25) is 0 Å². The van der Waals surface area contributed by atoms with Crippen molar-refractivity contribution < 1.29 is 4.79 Å². The molecule has 1 aliphatic heterocycles. The van der Waals surface area contributed by atoms with Crippen LogP contribution in [0.1, 0.15) is 4.88 Å². The number of amides is 1. The maximum absolute atomic E-state index is 12.0. The predicted octanol–water partition coefficient (Wildman–Crippen LogP) is 1.03. The third-order valence-electron chi connectivity index (χ3n) is 3.17. The van der Waals surface area contributed by atoms with E-state index in [-0.39, 0.29) is 18.3 Å². The highest BCUT2D eigenvalue weighted by Crippen LogP contribution is 2.11. The van der Waals surface area contributed by atoms with Gasteiger partial charge in [0.15, 0.2) is 0 Å². The van der Waals surface area contributed by atoms with E-state index in [4.69, 9.17) is 0 Å². The van der Waals surface area contributed by atoms with Gasteiger partial charge in [-0.2, -0.15) is 0 Å². The molecule has 0 unspecified atom stereocenters. The standard InChI is InChI=1S/C12H19N3OS.ClH/c1-14(10-6-13-7-10)9-12(16)15(2)8-11-4-3-5-17-11;/h3-5,10,13H,6-9H2,1-2H3;1H. The molecule has 1 N–H and O–H groups in total. The molecule has 0 aromatic carbocycles. The highest BCUT2D eigenvalue weighted by molar-refractivity contribution is 7.09. The predicted molar refractivity (Wildman–Crippen MR) is 77.3 cm³/mol. The van der Waals surface area contributed by atoms with Crippen LogP contribution in [0.4, 0.5) is 0 Å². The highest BCUT2D eigenvalue weighted by Gasteiger charge is 2.23. The van der Waals surface area contributed by atoms with Crippen LogP contribution in [-0.2, 0) is 11.3 Å². The summed E-state index contributed by atoms with van der Waals surface area (Å²) < 4.78 is 0. The number of rotatable bonds is 5. The van der Waals surface area contributed by atoms with Gasteiger partial charge in [-0.1, -0.05) is 6.07 Å². The molecule has 1 amide bonds. The Bertz CT molecular complexity index is 367. The first-order valence-electron chi connectivity index (χ1n) is 5.84. The Morgan fingerprint density at radius 3 is 2.72 bits per heavy atom. The first-order chi connectivity index (χ1) is 8.16. The summed E-state index contributed by atoms with van der Waals surface area (Å²) in [6, 6.07) is 4.60. The van der Waals surface area contributed by atoms with E-state index in [1.807, 2.05) is 25.5 Å². The maximum atomic E-state index is 12.0. The molecular weight excluding hydrogens is 270 g/mol. The lowest BCUT2D eigenvalue weighted by Gasteiger charge is -2.35. The van der Waals surface area contributed by atoms with Crippen LogP contribution >= 0.6 is 23.7 Å². The average molecular weight is 290 g/mol. The van der Waals surface area contributed by atoms with Crippen LogP contribution in [0, 0.1) is 0 Å². The summed E-state index contributed by atoms with van der Waals surface area (Å²) in [6.45, 7) is 3.22. The summed E-state index contributed by atoms with van der Waals surface area (Å²) >= 11 is 1.69. The van der Waals surface area contributed by atoms with Crippen LogP contribution in [0.25, 0.3) is 0 Å². The molecule has 1 aliphatic rings. The molecular formula is C12H20ClN3OS. The van der Waals surface area contributed by atoms with Crippen molar-refractivity contribution in [3.8, 4) is 0 Å². The summed E-state index contributed by atoms with van der Waals surface area (Å²) in [5.41, 5.74) is 0. The quantitative estimate of drug-likeness (QED) is 0.880. The zero-order valence-corrected chi connectivity index (χ0v) is 12.4. The molecule has 1 saturated heterocycles. The maximum Gasteiger partial charge on any atom is 0.236 e. The van der Waals surface area contributed by atoms with Crippen molar-refractivity contribution in [3.63, 3.8) is 0 Å². The minimum absolute atomic E-state index is 0. The van der Waals surface area contributed by atoms with Gasteiger partial charge in [-0.25, -0.2) is 0 Å². The molecule has 4 nitrogen and oxygen atoms in total. The number of hydrogen-bond donors (Lipinski definition) is 1. The summed E-state index contributed by atoms with van der Waals surface area (Å²) in [7, 11) is 3.89. The zero-order chi connectivity index (χ0) is 12.3. The second kappa shape index (κ2) is 7.09. The van der Waals surface area contributed by atoms with Gasteiger partial charge in [-0.05, 0) is 18.5 Å². The summed E-state index contributed by atoms with van der Waals surface area (Å²) in [5.74, 6) is 0.188. The fraction of sp³-hybridized carbons (Fsp3) is 0.583. The summed E-state index contributed by atoms with van der Waals surface area (Å²) in [5, 5.41) is 5.26. The smallest absolute Gasteiger partial charge is 0.236 e. The second-order valence-electron chi connectivity index (χ2n) is 4.56. The van der Waals surface area contributed by atoms with Crippen LogP contribution < -0.4 is 5.32 Å². The lowest BCUT2D eigenvalue weighted by molar-refractivity contribution is -0.132. The minimum atomic E-state index is 0. The van der Waals surface area contributed by atoms with E-state index in [2.05, 4.69) is 16.3 Å². The number of halogens is 1. The van der Waals surface area contributed by atoms with Gasteiger partial charge in [0.2, 0.25) is 5.91 Å². The third-order valence-corrected chi connectivity index (χ3v) is 4.03. The van der Waals surface area contributed by atoms with Gasteiger partial charge in [0.05, 0.1) is 13.1 Å². The molecule has 1 fully saturated rings. The fourth-order valence-electron chi connectivity index (χ4n) is 1.77. The van der Waals surface area contributed by atoms with E-state index in [1.165, 1.54) is 4.88 Å². The van der Waals surface area contributed by atoms with Crippen molar-refractivity contribution in [3.05, 3.63) is 22.4 Å². The van der Waals surface area contributed by atoms with Crippen molar-refractivity contribution in [2.45, 2.75) is 12.6 Å². The largest absolute Gasteiger partial charge is 0.340 e. The molecule has 0 saturated carbocycles. The normalized spacial score (nSPS) is 15.1. The molecule has 1 aromatic heterocycles. The number of thiophene rings is 1. The Kier molecular flexibility index (Phi) is 6.08. The summed E-state index contributed by atoms with van der Waals surface area (Å²) in [4.78, 5) is 17.2. The number of carbonyl (C=O) groups is 1. The van der Waals surface area contributed by atoms with Gasteiger partial charge in [0.1, 0.15) is 0 Å². The molecule has 6 heteroatoms. The van der Waals surface area contributed by atoms with Gasteiger partial charge in [0, 0.05) is 31.1 Å². The first-order valence-corrected chi connectivity index (χ1v) is 6.72. The average Bonchev–Trinajstić information content (AvgIpc) is 2.67. The van der Waals surface area contributed by atoms with Crippen LogP contribution in [-0.4, -0.2) is 55.5 Å². The van der Waals surface area contributed by atoms with Crippen molar-refractivity contribution in [2.24, 2.45) is 0 Å². The number of nitrogens with zero attached hydrogens (tertiary/aromatic N) is 2. The van der Waals surface area contributed by atoms with Gasteiger partial charge < -0.3 is 10.2 Å². The molecule has 18 heavy (non-hydrogen) atoms. The van der Waals surface area contributed by atoms with E-state index in [0.29, 0.717) is 19.1 Å². The number of hydrogen-bond acceptors (Lipinski definition) is 4. The Hall–Kier alpha value is -0.620. The minimum Gasteiger partial charge on any atom is -0.340 e. The van der Waals surface area contributed by atoms with Crippen LogP contribution in [0.15, 0.2) is 17.5 Å². The van der Waals surface area contributed by atoms with Crippen LogP contribution in [0.5, 0.6) is 0 Å². The monoisotopic (exact) mass is 289 g/mol. The fourth-order valence-corrected chi connectivity index (χ4v) is 2.53. The number of likely N-dealkylation sites (N-methyl/N-ethyl adjacent to an activating group) is 2. The molecule has 0 spiro atoms. The van der Waals surface area contributed by atoms with E-state index < -0.39 is 0 Å². The van der Waals surface area contributed by atoms with Gasteiger partial charge in [-0.3, -0.25) is 9.69 Å². The van der Waals surface area contributed by atoms with E-state index >= 15 is 0 Å². The Balaban J connectivity index is 0.00000162. The lowest BCUT2D eigenvalue weighted by atomic mass is 10.1. The van der Waals surface area contributed by atoms with Gasteiger partial charge in [0.25, 0.3) is 0 Å². The second-order valence-corrected chi connectivity index (χ2v) is 5.59. The van der Waals surface area contributed by atoms with E-state index in [0.717, 1.165) is 13.1 Å². The molecule has 1 aromatic rings. The Morgan fingerprint density at radius 1 is 1.50 bits per heavy atom. The number of carbonyl (C=O) groups excluding carboxylic acids is 1. The van der Waals surface area contributed by atoms with Crippen molar-refractivity contribution >= 4 is 29.7 Å². The highest BCUT2D eigenvalue weighted by atomic mass is 35.5. The third kappa shape index (κ3) is 3.95. The Labute approximate surface area is 118 Å². The van der Waals surface area contributed by atoms with Crippen molar-refractivity contribution in [1.82, 2.24) is 15.1 Å². The first kappa shape index (κ1) is 15.4. The van der Waals surface area contributed by atoms with Gasteiger partial charge in [-0.15, -0.1) is 23.7 Å².